The molecule has 0 aromatic carbocycles. The molecule has 0 aliphatic heterocycles. The molecule has 0 saturated heterocycles. The summed E-state index contributed by atoms with van der Waals surface area (Å²) >= 11 is 0. The Hall–Kier alpha value is -1.67. The van der Waals surface area contributed by atoms with Crippen molar-refractivity contribution in [1.29, 1.82) is 0 Å². The van der Waals surface area contributed by atoms with E-state index in [4.69, 9.17) is 9.66 Å². The van der Waals surface area contributed by atoms with E-state index < -0.39 is 33.3 Å². The molecule has 0 radical (unpaired) electrons. The van der Waals surface area contributed by atoms with Crippen molar-refractivity contribution in [3.05, 3.63) is 25.3 Å². The molecule has 3 N–H and O–H groups in total. The average molecular weight is 279 g/mol. The Morgan fingerprint density at radius 3 is 1.89 bits per heavy atom. The molecule has 0 bridgehead atoms. The highest BCUT2D eigenvalue weighted by Crippen LogP contribution is 2.05. The summed E-state index contributed by atoms with van der Waals surface area (Å²) in [6.07, 6.45) is 1.87. The van der Waals surface area contributed by atoms with Gasteiger partial charge in [-0.3, -0.25) is 9.35 Å². The minimum absolute atomic E-state index is 0.478. The summed E-state index contributed by atoms with van der Waals surface area (Å²) in [7, 11) is -4.08. The van der Waals surface area contributed by atoms with Crippen LogP contribution in [-0.2, 0) is 19.7 Å². The Bertz CT molecular complexity index is 424. The highest BCUT2D eigenvalue weighted by molar-refractivity contribution is 7.85. The van der Waals surface area contributed by atoms with Gasteiger partial charge in [0.1, 0.15) is 0 Å². The number of carbonyl (C=O) groups is 2. The lowest BCUT2D eigenvalue weighted by Crippen LogP contribution is -2.47. The number of amides is 1. The number of hydrogen-bond donors (Lipinski definition) is 3. The van der Waals surface area contributed by atoms with Crippen LogP contribution < -0.4 is 5.32 Å². The minimum atomic E-state index is -4.08. The SMILES string of the molecule is C=CC(=O)NC(C)(C)CS(=O)(=O)O.C=CC(=O)O. The van der Waals surface area contributed by atoms with Crippen LogP contribution in [0.15, 0.2) is 25.3 Å². The van der Waals surface area contributed by atoms with Gasteiger partial charge in [0.25, 0.3) is 10.1 Å². The van der Waals surface area contributed by atoms with Crippen LogP contribution in [0.1, 0.15) is 13.8 Å². The number of aliphatic carboxylic acids is 1. The Kier molecular flexibility index (Phi) is 7.91. The maximum atomic E-state index is 10.8. The molecule has 0 atom stereocenters. The van der Waals surface area contributed by atoms with E-state index in [1.165, 1.54) is 13.8 Å². The molecular formula is C10H17NO6S. The van der Waals surface area contributed by atoms with Crippen molar-refractivity contribution in [3.8, 4) is 0 Å². The topological polar surface area (TPSA) is 121 Å². The smallest absolute Gasteiger partial charge is 0.327 e. The number of carboxylic acid groups (broad SMARTS) is 1. The fourth-order valence-electron chi connectivity index (χ4n) is 0.877. The van der Waals surface area contributed by atoms with Crippen LogP contribution in [0.25, 0.3) is 0 Å². The first kappa shape index (κ1) is 18.7. The average Bonchev–Trinajstić information content (AvgIpc) is 2.13. The van der Waals surface area contributed by atoms with Crippen molar-refractivity contribution >= 4 is 22.0 Å². The number of carboxylic acids is 1. The molecule has 0 rings (SSSR count). The summed E-state index contributed by atoms with van der Waals surface area (Å²) in [5.74, 6) is -1.99. The summed E-state index contributed by atoms with van der Waals surface area (Å²) < 4.78 is 29.5. The van der Waals surface area contributed by atoms with Crippen LogP contribution in [0.4, 0.5) is 0 Å². The molecule has 8 heteroatoms. The second-order valence-electron chi connectivity index (χ2n) is 3.85. The van der Waals surface area contributed by atoms with Gasteiger partial charge in [0, 0.05) is 6.08 Å². The second-order valence-corrected chi connectivity index (χ2v) is 5.30. The Balaban J connectivity index is 0. The van der Waals surface area contributed by atoms with E-state index >= 15 is 0 Å². The summed E-state index contributed by atoms with van der Waals surface area (Å²) in [5.41, 5.74) is -1.00. The quantitative estimate of drug-likeness (QED) is 0.488. The molecule has 0 aromatic rings. The molecule has 1 amide bonds. The van der Waals surface area contributed by atoms with E-state index in [1.807, 2.05) is 0 Å². The number of carbonyl (C=O) groups excluding carboxylic acids is 1. The van der Waals surface area contributed by atoms with Crippen LogP contribution in [0.3, 0.4) is 0 Å². The summed E-state index contributed by atoms with van der Waals surface area (Å²) in [6, 6.07) is 0. The van der Waals surface area contributed by atoms with Gasteiger partial charge in [-0.25, -0.2) is 4.79 Å². The third kappa shape index (κ3) is 14.3. The monoisotopic (exact) mass is 279 g/mol. The van der Waals surface area contributed by atoms with Gasteiger partial charge in [-0.1, -0.05) is 13.2 Å². The molecule has 7 nitrogen and oxygen atoms in total. The molecule has 0 unspecified atom stereocenters. The van der Waals surface area contributed by atoms with Crippen molar-refractivity contribution in [2.24, 2.45) is 0 Å². The lowest BCUT2D eigenvalue weighted by atomic mass is 10.1. The van der Waals surface area contributed by atoms with E-state index in [0.29, 0.717) is 0 Å². The molecule has 0 heterocycles. The number of rotatable bonds is 5. The third-order valence-corrected chi connectivity index (χ3v) is 2.45. The predicted molar refractivity (Wildman–Crippen MR) is 66.7 cm³/mol. The molecule has 0 aromatic heterocycles. The standard InChI is InChI=1S/C7H13NO4S.C3H4O2/c1-4-6(9)8-7(2,3)5-13(10,11)12;1-2-3(4)5/h4H,1,5H2,2-3H3,(H,8,9)(H,10,11,12);2H,1H2,(H,4,5). The fourth-order valence-corrected chi connectivity index (χ4v) is 1.86. The fraction of sp³-hybridized carbons (Fsp3) is 0.400. The lowest BCUT2D eigenvalue weighted by molar-refractivity contribution is -0.131. The Morgan fingerprint density at radius 1 is 1.28 bits per heavy atom. The van der Waals surface area contributed by atoms with Crippen LogP contribution >= 0.6 is 0 Å². The third-order valence-electron chi connectivity index (χ3n) is 1.36. The van der Waals surface area contributed by atoms with E-state index in [0.717, 1.165) is 12.2 Å². The highest BCUT2D eigenvalue weighted by Gasteiger charge is 2.25. The summed E-state index contributed by atoms with van der Waals surface area (Å²) in [6.45, 7) is 9.15. The first-order chi connectivity index (χ1) is 7.93. The zero-order valence-corrected chi connectivity index (χ0v) is 11.0. The molecule has 0 fully saturated rings. The number of nitrogens with one attached hydrogen (secondary N) is 1. The Labute approximate surface area is 106 Å². The molecular weight excluding hydrogens is 262 g/mol. The van der Waals surface area contributed by atoms with E-state index in [-0.39, 0.29) is 0 Å². The van der Waals surface area contributed by atoms with Crippen molar-refractivity contribution in [1.82, 2.24) is 5.32 Å². The van der Waals surface area contributed by atoms with Crippen molar-refractivity contribution in [2.45, 2.75) is 19.4 Å². The zero-order chi connectivity index (χ0) is 15.0. The highest BCUT2D eigenvalue weighted by atomic mass is 32.2. The van der Waals surface area contributed by atoms with Crippen molar-refractivity contribution in [2.75, 3.05) is 5.75 Å². The summed E-state index contributed by atoms with van der Waals surface area (Å²) in [4.78, 5) is 20.1. The molecule has 104 valence electrons. The van der Waals surface area contributed by atoms with Gasteiger partial charge in [0.2, 0.25) is 5.91 Å². The second kappa shape index (κ2) is 7.62. The van der Waals surface area contributed by atoms with E-state index in [9.17, 15) is 18.0 Å². The predicted octanol–water partition coefficient (Wildman–Crippen LogP) is 0.212. The van der Waals surface area contributed by atoms with Gasteiger partial charge in [0.05, 0.1) is 11.3 Å². The van der Waals surface area contributed by atoms with Gasteiger partial charge in [-0.05, 0) is 19.9 Å². The summed E-state index contributed by atoms with van der Waals surface area (Å²) in [5, 5.41) is 9.97. The van der Waals surface area contributed by atoms with Gasteiger partial charge in [0.15, 0.2) is 0 Å². The van der Waals surface area contributed by atoms with Crippen LogP contribution in [0, 0.1) is 0 Å². The normalized spacial score (nSPS) is 10.6. The van der Waals surface area contributed by atoms with Crippen LogP contribution in [0.2, 0.25) is 0 Å². The molecule has 18 heavy (non-hydrogen) atoms. The minimum Gasteiger partial charge on any atom is -0.478 e. The van der Waals surface area contributed by atoms with Gasteiger partial charge >= 0.3 is 5.97 Å². The zero-order valence-electron chi connectivity index (χ0n) is 10.2. The molecule has 0 aliphatic rings. The maximum Gasteiger partial charge on any atom is 0.327 e. The number of hydrogen-bond acceptors (Lipinski definition) is 4. The van der Waals surface area contributed by atoms with E-state index in [2.05, 4.69) is 18.5 Å². The van der Waals surface area contributed by atoms with E-state index in [1.54, 1.807) is 0 Å². The maximum absolute atomic E-state index is 10.8. The lowest BCUT2D eigenvalue weighted by Gasteiger charge is -2.23. The first-order valence-electron chi connectivity index (χ1n) is 4.68. The molecule has 0 aliphatic carbocycles. The largest absolute Gasteiger partial charge is 0.478 e. The van der Waals surface area contributed by atoms with Gasteiger partial charge in [-0.15, -0.1) is 0 Å². The first-order valence-corrected chi connectivity index (χ1v) is 6.29. The Morgan fingerprint density at radius 2 is 1.67 bits per heavy atom. The van der Waals surface area contributed by atoms with Gasteiger partial charge in [-0.2, -0.15) is 8.42 Å². The van der Waals surface area contributed by atoms with Gasteiger partial charge < -0.3 is 10.4 Å². The van der Waals surface area contributed by atoms with Crippen molar-refractivity contribution in [3.63, 3.8) is 0 Å². The van der Waals surface area contributed by atoms with Crippen LogP contribution in [0.5, 0.6) is 0 Å². The van der Waals surface area contributed by atoms with Crippen LogP contribution in [-0.4, -0.2) is 41.2 Å². The molecule has 0 saturated carbocycles. The van der Waals surface area contributed by atoms with Crippen molar-refractivity contribution < 1.29 is 27.7 Å². The molecule has 0 spiro atoms.